The van der Waals surface area contributed by atoms with Crippen LogP contribution >= 0.6 is 0 Å². The van der Waals surface area contributed by atoms with Crippen LogP contribution in [0.15, 0.2) is 48.8 Å². The highest BCUT2D eigenvalue weighted by Gasteiger charge is 2.23. The Morgan fingerprint density at radius 3 is 2.80 bits per heavy atom. The molecule has 0 radical (unpaired) electrons. The van der Waals surface area contributed by atoms with E-state index in [1.54, 1.807) is 30.9 Å². The molecule has 1 unspecified atom stereocenters. The molecule has 1 aliphatic heterocycles. The lowest BCUT2D eigenvalue weighted by Crippen LogP contribution is -2.28. The van der Waals surface area contributed by atoms with E-state index < -0.39 is 17.6 Å². The van der Waals surface area contributed by atoms with Crippen LogP contribution in [0.4, 0.5) is 5.69 Å². The number of benzene rings is 1. The first-order chi connectivity index (χ1) is 19.2. The Bertz CT molecular complexity index is 1510. The zero-order valence-corrected chi connectivity index (χ0v) is 23.1. The van der Waals surface area contributed by atoms with E-state index in [0.717, 1.165) is 52.9 Å². The molecule has 0 aliphatic carbocycles. The van der Waals surface area contributed by atoms with Crippen LogP contribution in [0.5, 0.6) is 11.6 Å². The maximum Gasteiger partial charge on any atom is 0.305 e. The van der Waals surface area contributed by atoms with Gasteiger partial charge < -0.3 is 25.0 Å². The predicted molar refractivity (Wildman–Crippen MR) is 151 cm³/mol. The van der Waals surface area contributed by atoms with Gasteiger partial charge in [-0.15, -0.1) is 0 Å². The van der Waals surface area contributed by atoms with Crippen LogP contribution in [-0.2, 0) is 17.6 Å². The zero-order valence-electron chi connectivity index (χ0n) is 23.1. The highest BCUT2D eigenvalue weighted by molar-refractivity contribution is 5.81. The second kappa shape index (κ2) is 11.5. The molecule has 4 aromatic rings. The topological polar surface area (TPSA) is 132 Å². The number of nitrogens with zero attached hydrogens (tertiary/aromatic N) is 4. The summed E-state index contributed by atoms with van der Waals surface area (Å²) in [6.07, 6.45) is 5.96. The van der Waals surface area contributed by atoms with Gasteiger partial charge in [0.25, 0.3) is 0 Å². The second-order valence-electron chi connectivity index (χ2n) is 10.8. The molecule has 3 N–H and O–H groups in total. The van der Waals surface area contributed by atoms with E-state index in [2.05, 4.69) is 21.5 Å². The third kappa shape index (κ3) is 6.51. The number of aliphatic hydroxyl groups is 1. The van der Waals surface area contributed by atoms with Crippen molar-refractivity contribution in [3.63, 3.8) is 0 Å². The number of pyridine rings is 2. The molecule has 1 aliphatic rings. The number of aromatic nitrogens is 4. The molecule has 3 aromatic heterocycles. The monoisotopic (exact) mass is 545 g/mol. The van der Waals surface area contributed by atoms with Gasteiger partial charge in [-0.3, -0.25) is 14.5 Å². The molecule has 0 saturated heterocycles. The second-order valence-corrected chi connectivity index (χ2v) is 10.8. The minimum atomic E-state index is -0.995. The first kappa shape index (κ1) is 27.4. The van der Waals surface area contributed by atoms with Gasteiger partial charge in [0, 0.05) is 35.8 Å². The predicted octanol–water partition coefficient (Wildman–Crippen LogP) is 4.33. The molecule has 0 bridgehead atoms. The molecule has 0 fully saturated rings. The molecule has 210 valence electrons. The van der Waals surface area contributed by atoms with Crippen molar-refractivity contribution in [2.45, 2.75) is 58.1 Å². The SMILES string of the molecule is Cc1cc(C(CC(=O)O)n2ncc3cc(OCCc4ccc5c(n4)CCCN5)ccc32)cnc1OCC(C)(C)O. The molecule has 4 heterocycles. The van der Waals surface area contributed by atoms with Crippen molar-refractivity contribution < 1.29 is 24.5 Å². The average molecular weight is 546 g/mol. The van der Waals surface area contributed by atoms with E-state index in [1.165, 1.54) is 0 Å². The Kier molecular flexibility index (Phi) is 7.88. The number of aryl methyl sites for hydroxylation is 2. The molecular weight excluding hydrogens is 510 g/mol. The van der Waals surface area contributed by atoms with Crippen LogP contribution in [0.1, 0.15) is 55.2 Å². The standard InChI is InChI=1S/C30H35N5O5/c1-19-13-20(16-32-29(19)40-18-30(2,3)38)27(15-28(36)37)35-26-9-7-23(14-21(26)17-33-35)39-12-10-22-6-8-24-25(34-22)5-4-11-31-24/h6-9,13-14,16-17,27,31,38H,4-5,10-12,15,18H2,1-3H3,(H,36,37). The summed E-state index contributed by atoms with van der Waals surface area (Å²) in [5, 5.41) is 28.4. The number of rotatable bonds is 11. The van der Waals surface area contributed by atoms with E-state index in [4.69, 9.17) is 14.5 Å². The highest BCUT2D eigenvalue weighted by atomic mass is 16.5. The summed E-state index contributed by atoms with van der Waals surface area (Å²) in [5.41, 5.74) is 4.50. The Morgan fingerprint density at radius 1 is 1.18 bits per heavy atom. The number of carboxylic acids is 1. The lowest BCUT2D eigenvalue weighted by molar-refractivity contribution is -0.137. The smallest absolute Gasteiger partial charge is 0.305 e. The van der Waals surface area contributed by atoms with Crippen LogP contribution in [0.2, 0.25) is 0 Å². The van der Waals surface area contributed by atoms with Gasteiger partial charge in [-0.1, -0.05) is 0 Å². The van der Waals surface area contributed by atoms with Gasteiger partial charge in [-0.05, 0) is 75.6 Å². The van der Waals surface area contributed by atoms with Crippen LogP contribution in [-0.4, -0.2) is 61.3 Å². The number of fused-ring (bicyclic) bond motifs is 2. The molecule has 40 heavy (non-hydrogen) atoms. The molecule has 0 saturated carbocycles. The van der Waals surface area contributed by atoms with Gasteiger partial charge >= 0.3 is 5.97 Å². The number of carboxylic acid groups (broad SMARTS) is 1. The molecule has 0 amide bonds. The fourth-order valence-corrected chi connectivity index (χ4v) is 4.83. The molecule has 10 heteroatoms. The molecule has 1 atom stereocenters. The fraction of sp³-hybridized carbons (Fsp3) is 0.400. The summed E-state index contributed by atoms with van der Waals surface area (Å²) in [4.78, 5) is 21.0. The van der Waals surface area contributed by atoms with E-state index in [-0.39, 0.29) is 13.0 Å². The summed E-state index contributed by atoms with van der Waals surface area (Å²) in [6.45, 7) is 6.73. The average Bonchev–Trinajstić information content (AvgIpc) is 3.33. The molecule has 10 nitrogen and oxygen atoms in total. The Balaban J connectivity index is 1.30. The third-order valence-corrected chi connectivity index (χ3v) is 6.79. The number of anilines is 1. The number of hydrogen-bond acceptors (Lipinski definition) is 8. The fourth-order valence-electron chi connectivity index (χ4n) is 4.83. The van der Waals surface area contributed by atoms with Crippen LogP contribution in [0, 0.1) is 6.92 Å². The van der Waals surface area contributed by atoms with Gasteiger partial charge in [0.2, 0.25) is 5.88 Å². The van der Waals surface area contributed by atoms with Gasteiger partial charge in [0.15, 0.2) is 0 Å². The Labute approximate surface area is 233 Å². The van der Waals surface area contributed by atoms with Crippen LogP contribution in [0.3, 0.4) is 0 Å². The van der Waals surface area contributed by atoms with E-state index in [0.29, 0.717) is 30.2 Å². The maximum absolute atomic E-state index is 11.8. The van der Waals surface area contributed by atoms with Crippen molar-refractivity contribution in [3.05, 3.63) is 71.3 Å². The summed E-state index contributed by atoms with van der Waals surface area (Å²) >= 11 is 0. The number of carbonyl (C=O) groups is 1. The van der Waals surface area contributed by atoms with Crippen molar-refractivity contribution in [3.8, 4) is 11.6 Å². The largest absolute Gasteiger partial charge is 0.493 e. The summed E-state index contributed by atoms with van der Waals surface area (Å²) in [7, 11) is 0. The van der Waals surface area contributed by atoms with Gasteiger partial charge in [-0.2, -0.15) is 5.10 Å². The summed E-state index contributed by atoms with van der Waals surface area (Å²) in [5.74, 6) is 0.168. The molecular formula is C30H35N5O5. The quantitative estimate of drug-likeness (QED) is 0.252. The molecule has 1 aromatic carbocycles. The van der Waals surface area contributed by atoms with E-state index in [1.807, 2.05) is 37.3 Å². The zero-order chi connectivity index (χ0) is 28.3. The lowest BCUT2D eigenvalue weighted by atomic mass is 10.0. The number of aliphatic carboxylic acids is 1. The van der Waals surface area contributed by atoms with E-state index >= 15 is 0 Å². The Hall–Kier alpha value is -4.18. The third-order valence-electron chi connectivity index (χ3n) is 6.79. The maximum atomic E-state index is 11.8. The number of nitrogens with one attached hydrogen (secondary N) is 1. The first-order valence-corrected chi connectivity index (χ1v) is 13.5. The minimum absolute atomic E-state index is 0.0915. The van der Waals surface area contributed by atoms with Crippen LogP contribution in [0.25, 0.3) is 10.9 Å². The summed E-state index contributed by atoms with van der Waals surface area (Å²) < 4.78 is 13.4. The van der Waals surface area contributed by atoms with Gasteiger partial charge in [0.1, 0.15) is 12.4 Å². The summed E-state index contributed by atoms with van der Waals surface area (Å²) in [6, 6.07) is 11.1. The molecule has 5 rings (SSSR count). The number of hydrogen-bond donors (Lipinski definition) is 3. The first-order valence-electron chi connectivity index (χ1n) is 13.5. The highest BCUT2D eigenvalue weighted by Crippen LogP contribution is 2.30. The molecule has 0 spiro atoms. The van der Waals surface area contributed by atoms with Gasteiger partial charge in [-0.25, -0.2) is 4.98 Å². The Morgan fingerprint density at radius 2 is 2.02 bits per heavy atom. The van der Waals surface area contributed by atoms with Crippen molar-refractivity contribution >= 4 is 22.6 Å². The van der Waals surface area contributed by atoms with Crippen LogP contribution < -0.4 is 14.8 Å². The van der Waals surface area contributed by atoms with Crippen molar-refractivity contribution in [1.82, 2.24) is 19.7 Å². The van der Waals surface area contributed by atoms with Crippen molar-refractivity contribution in [2.24, 2.45) is 0 Å². The minimum Gasteiger partial charge on any atom is -0.493 e. The van der Waals surface area contributed by atoms with E-state index in [9.17, 15) is 15.0 Å². The lowest BCUT2D eigenvalue weighted by Gasteiger charge is -2.20. The van der Waals surface area contributed by atoms with Gasteiger partial charge in [0.05, 0.1) is 47.8 Å². The number of ether oxygens (including phenoxy) is 2. The normalized spacial score (nSPS) is 13.9. The van der Waals surface area contributed by atoms with Crippen molar-refractivity contribution in [1.29, 1.82) is 0 Å². The van der Waals surface area contributed by atoms with Crippen molar-refractivity contribution in [2.75, 3.05) is 25.1 Å².